The van der Waals surface area contributed by atoms with Crippen LogP contribution in [0.5, 0.6) is 0 Å². The van der Waals surface area contributed by atoms with Crippen molar-refractivity contribution in [2.45, 2.75) is 32.3 Å². The summed E-state index contributed by atoms with van der Waals surface area (Å²) in [4.78, 5) is 21.5. The van der Waals surface area contributed by atoms with Crippen molar-refractivity contribution < 1.29 is 9.18 Å². The highest BCUT2D eigenvalue weighted by molar-refractivity contribution is 7.98. The molecule has 12 heteroatoms. The van der Waals surface area contributed by atoms with Crippen LogP contribution in [0.25, 0.3) is 11.5 Å². The highest BCUT2D eigenvalue weighted by Crippen LogP contribution is 2.21. The first-order valence-electron chi connectivity index (χ1n) is 8.99. The molecule has 0 saturated heterocycles. The molecule has 0 atom stereocenters. The predicted molar refractivity (Wildman–Crippen MR) is 108 cm³/mol. The molecule has 0 spiro atoms. The Labute approximate surface area is 174 Å². The number of carbonyl (C=O) groups excluding carboxylic acids is 1. The second kappa shape index (κ2) is 7.78. The second-order valence-corrected chi connectivity index (χ2v) is 7.37. The zero-order chi connectivity index (χ0) is 21.4. The van der Waals surface area contributed by atoms with Crippen molar-refractivity contribution in [3.8, 4) is 5.69 Å². The van der Waals surface area contributed by atoms with Gasteiger partial charge in [0.2, 0.25) is 11.1 Å². The Morgan fingerprint density at radius 3 is 2.73 bits per heavy atom. The number of hydrogen-bond acceptors (Lipinski definition) is 8. The molecule has 0 aliphatic carbocycles. The number of aromatic nitrogens is 8. The maximum absolute atomic E-state index is 14.3. The number of amides is 1. The topological polar surface area (TPSA) is 116 Å². The molecule has 0 aliphatic rings. The van der Waals surface area contributed by atoms with E-state index < -0.39 is 5.82 Å². The number of carbonyl (C=O) groups is 1. The summed E-state index contributed by atoms with van der Waals surface area (Å²) < 4.78 is 17.4. The fourth-order valence-electron chi connectivity index (χ4n) is 3.10. The third-order valence-corrected chi connectivity index (χ3v) is 5.18. The Balaban J connectivity index is 1.60. The monoisotopic (exact) mass is 427 g/mol. The molecule has 0 saturated carbocycles. The number of tetrazole rings is 1. The van der Waals surface area contributed by atoms with Crippen LogP contribution in [-0.4, -0.2) is 52.0 Å². The van der Waals surface area contributed by atoms with E-state index in [1.807, 2.05) is 20.1 Å². The number of benzene rings is 1. The van der Waals surface area contributed by atoms with Gasteiger partial charge in [-0.15, -0.1) is 10.2 Å². The molecular weight excluding hydrogens is 409 g/mol. The SMILES string of the molecule is CSc1nc2nc(C)c(CC(=O)Nc3cc(-n4nnnc4C)ccc3F)c(C)n2n1. The van der Waals surface area contributed by atoms with Crippen molar-refractivity contribution in [2.24, 2.45) is 0 Å². The lowest BCUT2D eigenvalue weighted by Crippen LogP contribution is -2.18. The standard InChI is InChI=1S/C18H18FN9OS/c1-9-13(10(2)27-17(20-9)22-18(24-27)30-4)8-16(29)21-15-7-12(5-6-14(15)19)28-11(3)23-25-26-28/h5-7H,8H2,1-4H3,(H,21,29). The summed E-state index contributed by atoms with van der Waals surface area (Å²) >= 11 is 1.41. The van der Waals surface area contributed by atoms with Gasteiger partial charge in [-0.05, 0) is 55.7 Å². The normalized spacial score (nSPS) is 11.2. The molecule has 10 nitrogen and oxygen atoms in total. The summed E-state index contributed by atoms with van der Waals surface area (Å²) in [6, 6.07) is 4.28. The van der Waals surface area contributed by atoms with Crippen molar-refractivity contribution >= 4 is 29.1 Å². The van der Waals surface area contributed by atoms with E-state index in [1.165, 1.54) is 34.6 Å². The largest absolute Gasteiger partial charge is 0.323 e. The average molecular weight is 427 g/mol. The van der Waals surface area contributed by atoms with Crippen LogP contribution in [0.1, 0.15) is 22.8 Å². The maximum atomic E-state index is 14.3. The van der Waals surface area contributed by atoms with Gasteiger partial charge in [-0.1, -0.05) is 11.8 Å². The van der Waals surface area contributed by atoms with Crippen LogP contribution in [0.2, 0.25) is 0 Å². The summed E-state index contributed by atoms with van der Waals surface area (Å²) in [6.45, 7) is 5.39. The molecule has 0 radical (unpaired) electrons. The van der Waals surface area contributed by atoms with Crippen LogP contribution in [0.4, 0.5) is 10.1 Å². The molecule has 1 amide bonds. The number of halogens is 1. The molecule has 1 N–H and O–H groups in total. The van der Waals surface area contributed by atoms with Crippen LogP contribution in [0.3, 0.4) is 0 Å². The molecule has 3 heterocycles. The number of fused-ring (bicyclic) bond motifs is 1. The molecule has 0 bridgehead atoms. The van der Waals surface area contributed by atoms with Crippen LogP contribution >= 0.6 is 11.8 Å². The van der Waals surface area contributed by atoms with Gasteiger partial charge < -0.3 is 5.32 Å². The van der Waals surface area contributed by atoms with Gasteiger partial charge in [0.1, 0.15) is 5.82 Å². The van der Waals surface area contributed by atoms with Gasteiger partial charge in [0.15, 0.2) is 5.82 Å². The number of anilines is 1. The zero-order valence-corrected chi connectivity index (χ0v) is 17.5. The number of rotatable bonds is 5. The van der Waals surface area contributed by atoms with E-state index in [4.69, 9.17) is 0 Å². The highest BCUT2D eigenvalue weighted by atomic mass is 32.2. The third-order valence-electron chi connectivity index (χ3n) is 4.64. The van der Waals surface area contributed by atoms with Gasteiger partial charge in [-0.25, -0.2) is 13.9 Å². The minimum absolute atomic E-state index is 0.0165. The van der Waals surface area contributed by atoms with Crippen LogP contribution in [-0.2, 0) is 11.2 Å². The van der Waals surface area contributed by atoms with Crippen molar-refractivity contribution in [1.29, 1.82) is 0 Å². The Morgan fingerprint density at radius 2 is 2.03 bits per heavy atom. The van der Waals surface area contributed by atoms with E-state index in [0.29, 0.717) is 33.7 Å². The molecule has 4 aromatic rings. The first kappa shape index (κ1) is 19.9. The Bertz CT molecular complexity index is 1270. The second-order valence-electron chi connectivity index (χ2n) is 6.60. The van der Waals surface area contributed by atoms with E-state index in [9.17, 15) is 9.18 Å². The van der Waals surface area contributed by atoms with Gasteiger partial charge in [0.05, 0.1) is 17.8 Å². The van der Waals surface area contributed by atoms with Crippen molar-refractivity contribution in [1.82, 2.24) is 39.8 Å². The summed E-state index contributed by atoms with van der Waals surface area (Å²) in [6.07, 6.45) is 1.90. The molecule has 0 aliphatic heterocycles. The third kappa shape index (κ3) is 3.61. The Hall–Kier alpha value is -3.41. The summed E-state index contributed by atoms with van der Waals surface area (Å²) in [7, 11) is 0. The smallest absolute Gasteiger partial charge is 0.253 e. The van der Waals surface area contributed by atoms with Crippen LogP contribution in [0.15, 0.2) is 23.4 Å². The number of hydrogen-bond donors (Lipinski definition) is 1. The van der Waals surface area contributed by atoms with Gasteiger partial charge in [-0.2, -0.15) is 9.67 Å². The quantitative estimate of drug-likeness (QED) is 0.481. The molecule has 30 heavy (non-hydrogen) atoms. The zero-order valence-electron chi connectivity index (χ0n) is 16.7. The number of aryl methyl sites for hydroxylation is 3. The van der Waals surface area contributed by atoms with Gasteiger partial charge in [0, 0.05) is 17.0 Å². The number of thioether (sulfide) groups is 1. The Kier molecular flexibility index (Phi) is 5.16. The minimum atomic E-state index is -0.555. The molecule has 0 fully saturated rings. The van der Waals surface area contributed by atoms with E-state index >= 15 is 0 Å². The minimum Gasteiger partial charge on any atom is -0.323 e. The van der Waals surface area contributed by atoms with Gasteiger partial charge >= 0.3 is 0 Å². The lowest BCUT2D eigenvalue weighted by Gasteiger charge is -2.12. The fraction of sp³-hybridized carbons (Fsp3) is 0.278. The van der Waals surface area contributed by atoms with E-state index in [1.54, 1.807) is 11.4 Å². The predicted octanol–water partition coefficient (Wildman–Crippen LogP) is 2.07. The summed E-state index contributed by atoms with van der Waals surface area (Å²) in [5, 5.41) is 18.9. The maximum Gasteiger partial charge on any atom is 0.253 e. The van der Waals surface area contributed by atoms with Crippen molar-refractivity contribution in [3.05, 3.63) is 46.8 Å². The van der Waals surface area contributed by atoms with Crippen LogP contribution < -0.4 is 5.32 Å². The Morgan fingerprint density at radius 1 is 1.23 bits per heavy atom. The fourth-order valence-corrected chi connectivity index (χ4v) is 3.43. The van der Waals surface area contributed by atoms with Crippen LogP contribution in [0, 0.1) is 26.6 Å². The average Bonchev–Trinajstić information content (AvgIpc) is 3.33. The molecule has 3 aromatic heterocycles. The first-order valence-corrected chi connectivity index (χ1v) is 10.2. The molecule has 1 aromatic carbocycles. The highest BCUT2D eigenvalue weighted by Gasteiger charge is 2.17. The van der Waals surface area contributed by atoms with Gasteiger partial charge in [-0.3, -0.25) is 4.79 Å². The summed E-state index contributed by atoms with van der Waals surface area (Å²) in [5.74, 6) is 0.0915. The summed E-state index contributed by atoms with van der Waals surface area (Å²) in [5.41, 5.74) is 2.73. The van der Waals surface area contributed by atoms with E-state index in [0.717, 1.165) is 5.69 Å². The van der Waals surface area contributed by atoms with Crippen molar-refractivity contribution in [3.63, 3.8) is 0 Å². The van der Waals surface area contributed by atoms with E-state index in [2.05, 4.69) is 35.9 Å². The lowest BCUT2D eigenvalue weighted by atomic mass is 10.1. The first-order chi connectivity index (χ1) is 14.4. The molecule has 0 unspecified atom stereocenters. The van der Waals surface area contributed by atoms with Crippen molar-refractivity contribution in [2.75, 3.05) is 11.6 Å². The molecule has 154 valence electrons. The van der Waals surface area contributed by atoms with Gasteiger partial charge in [0.25, 0.3) is 5.78 Å². The molecular formula is C18H18FN9OS. The molecule has 4 rings (SSSR count). The van der Waals surface area contributed by atoms with E-state index in [-0.39, 0.29) is 18.0 Å². The number of nitrogens with zero attached hydrogens (tertiary/aromatic N) is 8. The number of nitrogens with one attached hydrogen (secondary N) is 1. The lowest BCUT2D eigenvalue weighted by molar-refractivity contribution is -0.115.